The van der Waals surface area contributed by atoms with Gasteiger partial charge in [-0.15, -0.1) is 0 Å². The lowest BCUT2D eigenvalue weighted by atomic mass is 10.1. The molecule has 1 fully saturated rings. The van der Waals surface area contributed by atoms with Crippen LogP contribution in [-0.2, 0) is 4.79 Å². The highest BCUT2D eigenvalue weighted by Crippen LogP contribution is 2.13. The second-order valence-corrected chi connectivity index (χ2v) is 4.36. The first-order valence-corrected chi connectivity index (χ1v) is 5.74. The highest BCUT2D eigenvalue weighted by molar-refractivity contribution is 9.09. The largest absolute Gasteiger partial charge is 0.339 e. The van der Waals surface area contributed by atoms with E-state index in [4.69, 9.17) is 0 Å². The van der Waals surface area contributed by atoms with Crippen LogP contribution in [0.3, 0.4) is 0 Å². The van der Waals surface area contributed by atoms with E-state index in [1.807, 2.05) is 4.90 Å². The molecule has 1 aliphatic rings. The predicted octanol–water partition coefficient (Wildman–Crippen LogP) is 0.932. The van der Waals surface area contributed by atoms with Crippen molar-refractivity contribution in [1.29, 1.82) is 0 Å². The molecule has 0 N–H and O–H groups in total. The molecule has 1 amide bonds. The van der Waals surface area contributed by atoms with E-state index >= 15 is 0 Å². The fourth-order valence-corrected chi connectivity index (χ4v) is 2.05. The summed E-state index contributed by atoms with van der Waals surface area (Å²) in [5.41, 5.74) is 0. The van der Waals surface area contributed by atoms with Crippen LogP contribution < -0.4 is 0 Å². The third kappa shape index (κ3) is 2.44. The van der Waals surface area contributed by atoms with Crippen molar-refractivity contribution in [2.24, 2.45) is 0 Å². The number of hydrogen-bond donors (Lipinski definition) is 0. The predicted molar refractivity (Wildman–Crippen MR) is 57.1 cm³/mol. The number of carbonyl (C=O) groups is 1. The summed E-state index contributed by atoms with van der Waals surface area (Å²) in [6, 6.07) is 0.929. The summed E-state index contributed by atoms with van der Waals surface area (Å²) >= 11 is 3.20. The lowest BCUT2D eigenvalue weighted by molar-refractivity contribution is -0.132. The van der Waals surface area contributed by atoms with E-state index in [1.54, 1.807) is 0 Å². The molecular weight excluding hydrogens is 232 g/mol. The zero-order chi connectivity index (χ0) is 10.0. The van der Waals surface area contributed by atoms with Crippen molar-refractivity contribution in [3.05, 3.63) is 0 Å². The number of amides is 1. The maximum absolute atomic E-state index is 11.4. The second kappa shape index (κ2) is 4.42. The van der Waals surface area contributed by atoms with Gasteiger partial charge in [-0.3, -0.25) is 9.69 Å². The van der Waals surface area contributed by atoms with Gasteiger partial charge in [0.2, 0.25) is 5.91 Å². The van der Waals surface area contributed by atoms with Gasteiger partial charge < -0.3 is 4.90 Å². The quantitative estimate of drug-likeness (QED) is 0.645. The Morgan fingerprint density at radius 2 is 1.85 bits per heavy atom. The Hall–Kier alpha value is -0.0900. The van der Waals surface area contributed by atoms with Crippen LogP contribution >= 0.6 is 15.9 Å². The van der Waals surface area contributed by atoms with Crippen LogP contribution in [0.15, 0.2) is 0 Å². The van der Waals surface area contributed by atoms with Crippen molar-refractivity contribution in [1.82, 2.24) is 9.80 Å². The molecule has 0 bridgehead atoms. The molecule has 0 aromatic rings. The van der Waals surface area contributed by atoms with Gasteiger partial charge >= 0.3 is 0 Å². The summed E-state index contributed by atoms with van der Waals surface area (Å²) in [5.74, 6) is 0.201. The molecule has 0 aromatic carbocycles. The Bertz CT molecular complexity index is 186. The van der Waals surface area contributed by atoms with Crippen LogP contribution in [0, 0.1) is 0 Å². The number of likely N-dealkylation sites (N-methyl/N-ethyl adjacent to an activating group) is 1. The summed E-state index contributed by atoms with van der Waals surface area (Å²) in [4.78, 5) is 15.7. The van der Waals surface area contributed by atoms with Crippen molar-refractivity contribution < 1.29 is 4.79 Å². The molecule has 1 heterocycles. The van der Waals surface area contributed by atoms with Crippen LogP contribution in [0.1, 0.15) is 13.8 Å². The number of piperazine rings is 1. The zero-order valence-electron chi connectivity index (χ0n) is 8.46. The number of rotatable bonds is 1. The average Bonchev–Trinajstić information content (AvgIpc) is 2.12. The van der Waals surface area contributed by atoms with Crippen molar-refractivity contribution in [2.75, 3.05) is 25.5 Å². The second-order valence-electron chi connectivity index (χ2n) is 3.80. The molecule has 0 aliphatic carbocycles. The third-order valence-corrected chi connectivity index (χ3v) is 3.31. The standard InChI is InChI=1S/C9H17BrN2O/c1-7-5-12(9(13)4-10)6-8(2)11(7)3/h7-8H,4-6H2,1-3H3. The molecule has 4 heteroatoms. The SMILES string of the molecule is CC1CN(C(=O)CBr)CC(C)N1C. The molecular formula is C9H17BrN2O. The molecule has 76 valence electrons. The maximum Gasteiger partial charge on any atom is 0.233 e. The Kier molecular flexibility index (Phi) is 3.74. The molecule has 3 nitrogen and oxygen atoms in total. The lowest BCUT2D eigenvalue weighted by Gasteiger charge is -2.42. The monoisotopic (exact) mass is 248 g/mol. The molecule has 2 atom stereocenters. The maximum atomic E-state index is 11.4. The molecule has 0 spiro atoms. The minimum Gasteiger partial charge on any atom is -0.339 e. The van der Waals surface area contributed by atoms with Gasteiger partial charge in [-0.05, 0) is 20.9 Å². The number of halogens is 1. The molecule has 0 saturated carbocycles. The molecule has 0 radical (unpaired) electrons. The number of alkyl halides is 1. The first-order chi connectivity index (χ1) is 6.06. The topological polar surface area (TPSA) is 23.6 Å². The van der Waals surface area contributed by atoms with Crippen molar-refractivity contribution >= 4 is 21.8 Å². The molecule has 1 aliphatic heterocycles. The first-order valence-electron chi connectivity index (χ1n) is 4.62. The summed E-state index contributed by atoms with van der Waals surface area (Å²) in [6.45, 7) is 6.02. The Labute approximate surface area is 88.2 Å². The van der Waals surface area contributed by atoms with Crippen LogP contribution in [0.25, 0.3) is 0 Å². The minimum atomic E-state index is 0.201. The van der Waals surface area contributed by atoms with Gasteiger partial charge in [0.1, 0.15) is 0 Å². The first kappa shape index (κ1) is 11.0. The smallest absolute Gasteiger partial charge is 0.233 e. The van der Waals surface area contributed by atoms with E-state index < -0.39 is 0 Å². The Morgan fingerprint density at radius 3 is 2.23 bits per heavy atom. The third-order valence-electron chi connectivity index (χ3n) is 2.83. The van der Waals surface area contributed by atoms with E-state index in [1.165, 1.54) is 0 Å². The number of hydrogen-bond acceptors (Lipinski definition) is 2. The normalized spacial score (nSPS) is 30.6. The van der Waals surface area contributed by atoms with Crippen molar-refractivity contribution in [3.8, 4) is 0 Å². The van der Waals surface area contributed by atoms with E-state index in [9.17, 15) is 4.79 Å². The Morgan fingerprint density at radius 1 is 1.38 bits per heavy atom. The summed E-state index contributed by atoms with van der Waals surface area (Å²) in [5, 5.41) is 0.441. The van der Waals surface area contributed by atoms with Crippen molar-refractivity contribution in [3.63, 3.8) is 0 Å². The van der Waals surface area contributed by atoms with Crippen LogP contribution in [-0.4, -0.2) is 53.3 Å². The fourth-order valence-electron chi connectivity index (χ4n) is 1.69. The van der Waals surface area contributed by atoms with Gasteiger partial charge in [-0.2, -0.15) is 0 Å². The van der Waals surface area contributed by atoms with Crippen LogP contribution in [0.5, 0.6) is 0 Å². The van der Waals surface area contributed by atoms with Gasteiger partial charge in [-0.25, -0.2) is 0 Å². The lowest BCUT2D eigenvalue weighted by Crippen LogP contribution is -2.56. The van der Waals surface area contributed by atoms with Gasteiger partial charge in [0.25, 0.3) is 0 Å². The molecule has 1 saturated heterocycles. The van der Waals surface area contributed by atoms with Gasteiger partial charge in [0.15, 0.2) is 0 Å². The molecule has 0 aromatic heterocycles. The summed E-state index contributed by atoms with van der Waals surface area (Å²) < 4.78 is 0. The number of nitrogens with zero attached hydrogens (tertiary/aromatic N) is 2. The van der Waals surface area contributed by atoms with Gasteiger partial charge in [-0.1, -0.05) is 15.9 Å². The van der Waals surface area contributed by atoms with E-state index in [0.29, 0.717) is 17.4 Å². The zero-order valence-corrected chi connectivity index (χ0v) is 10.0. The van der Waals surface area contributed by atoms with Crippen molar-refractivity contribution in [2.45, 2.75) is 25.9 Å². The van der Waals surface area contributed by atoms with Gasteiger partial charge in [0.05, 0.1) is 5.33 Å². The highest BCUT2D eigenvalue weighted by Gasteiger charge is 2.28. The van der Waals surface area contributed by atoms with E-state index in [0.717, 1.165) is 13.1 Å². The summed E-state index contributed by atoms with van der Waals surface area (Å²) in [6.07, 6.45) is 0. The molecule has 13 heavy (non-hydrogen) atoms. The van der Waals surface area contributed by atoms with Crippen LogP contribution in [0.2, 0.25) is 0 Å². The highest BCUT2D eigenvalue weighted by atomic mass is 79.9. The Balaban J connectivity index is 2.58. The van der Waals surface area contributed by atoms with Gasteiger partial charge in [0, 0.05) is 25.2 Å². The van der Waals surface area contributed by atoms with E-state index in [2.05, 4.69) is 41.7 Å². The van der Waals surface area contributed by atoms with E-state index in [-0.39, 0.29) is 5.91 Å². The summed E-state index contributed by atoms with van der Waals surface area (Å²) in [7, 11) is 2.12. The molecule has 2 unspecified atom stereocenters. The fraction of sp³-hybridized carbons (Fsp3) is 0.889. The average molecular weight is 249 g/mol. The number of carbonyl (C=O) groups excluding carboxylic acids is 1. The molecule has 1 rings (SSSR count). The van der Waals surface area contributed by atoms with Crippen LogP contribution in [0.4, 0.5) is 0 Å². The minimum absolute atomic E-state index is 0.201.